The third kappa shape index (κ3) is 3.44. The Balaban J connectivity index is 1.78. The molecule has 1 saturated heterocycles. The van der Waals surface area contributed by atoms with E-state index in [4.69, 9.17) is 0 Å². The fourth-order valence-electron chi connectivity index (χ4n) is 2.95. The van der Waals surface area contributed by atoms with Gasteiger partial charge in [-0.05, 0) is 56.4 Å². The number of aromatic nitrogens is 1. The Hall–Kier alpha value is -1.53. The number of likely N-dealkylation sites (tertiary alicyclic amines) is 1. The molecule has 3 rings (SSSR count). The zero-order valence-electron chi connectivity index (χ0n) is 13.0. The Morgan fingerprint density at radius 1 is 1.14 bits per heavy atom. The van der Waals surface area contributed by atoms with Crippen LogP contribution in [-0.2, 0) is 16.6 Å². The first-order valence-corrected chi connectivity index (χ1v) is 9.54. The fourth-order valence-corrected chi connectivity index (χ4v) is 3.58. The highest BCUT2D eigenvalue weighted by Gasteiger charge is 2.12. The Kier molecular flexibility index (Phi) is 4.40. The Morgan fingerprint density at radius 3 is 2.64 bits per heavy atom. The lowest BCUT2D eigenvalue weighted by atomic mass is 10.2. The topological polar surface area (TPSA) is 54.3 Å². The van der Waals surface area contributed by atoms with Gasteiger partial charge < -0.3 is 9.47 Å². The molecular weight excluding hydrogens is 298 g/mol. The van der Waals surface area contributed by atoms with Crippen molar-refractivity contribution < 1.29 is 8.42 Å². The molecule has 2 aromatic rings. The lowest BCUT2D eigenvalue weighted by Gasteiger charge is -2.15. The molecule has 0 amide bonds. The molecule has 22 heavy (non-hydrogen) atoms. The van der Waals surface area contributed by atoms with Crippen molar-refractivity contribution in [2.75, 3.05) is 30.1 Å². The van der Waals surface area contributed by atoms with Crippen LogP contribution in [0.25, 0.3) is 10.9 Å². The average Bonchev–Trinajstić information content (AvgIpc) is 3.14. The van der Waals surface area contributed by atoms with Crippen LogP contribution in [0.4, 0.5) is 5.69 Å². The molecule has 120 valence electrons. The van der Waals surface area contributed by atoms with Gasteiger partial charge in [0.2, 0.25) is 10.0 Å². The first-order valence-electron chi connectivity index (χ1n) is 7.89. The Labute approximate surface area is 132 Å². The van der Waals surface area contributed by atoms with Gasteiger partial charge in [0, 0.05) is 19.3 Å². The van der Waals surface area contributed by atoms with Crippen LogP contribution in [0.2, 0.25) is 0 Å². The number of hydrogen-bond acceptors (Lipinski definition) is 3. The van der Waals surface area contributed by atoms with Gasteiger partial charge >= 0.3 is 0 Å². The molecule has 2 heterocycles. The molecule has 0 unspecified atom stereocenters. The molecular formula is C16H23N3O2S. The standard InChI is InChI=1S/C16H23N3O2S/c1-2-22(20,21)17-15-6-5-14-7-10-19(16(14)13-15)12-11-18-8-3-4-9-18/h5-7,10,13,17H,2-4,8-9,11-12H2,1H3. The smallest absolute Gasteiger partial charge is 0.232 e. The van der Waals surface area contributed by atoms with E-state index in [0.717, 1.165) is 24.0 Å². The van der Waals surface area contributed by atoms with Crippen molar-refractivity contribution in [3.63, 3.8) is 0 Å². The first-order chi connectivity index (χ1) is 10.6. The van der Waals surface area contributed by atoms with Gasteiger partial charge in [-0.15, -0.1) is 0 Å². The van der Waals surface area contributed by atoms with Crippen molar-refractivity contribution in [1.82, 2.24) is 9.47 Å². The second-order valence-electron chi connectivity index (χ2n) is 5.84. The summed E-state index contributed by atoms with van der Waals surface area (Å²) in [5.41, 5.74) is 1.71. The summed E-state index contributed by atoms with van der Waals surface area (Å²) in [7, 11) is -3.23. The normalized spacial score (nSPS) is 16.4. The second kappa shape index (κ2) is 6.30. The summed E-state index contributed by atoms with van der Waals surface area (Å²) in [5, 5.41) is 1.14. The van der Waals surface area contributed by atoms with Crippen LogP contribution in [0, 0.1) is 0 Å². The monoisotopic (exact) mass is 321 g/mol. The van der Waals surface area contributed by atoms with Crippen LogP contribution in [-0.4, -0.2) is 43.3 Å². The van der Waals surface area contributed by atoms with Crippen molar-refractivity contribution in [2.24, 2.45) is 0 Å². The van der Waals surface area contributed by atoms with Crippen molar-refractivity contribution >= 4 is 26.6 Å². The quantitative estimate of drug-likeness (QED) is 0.889. The maximum atomic E-state index is 11.7. The van der Waals surface area contributed by atoms with E-state index in [1.165, 1.54) is 25.9 Å². The van der Waals surface area contributed by atoms with Crippen LogP contribution < -0.4 is 4.72 Å². The average molecular weight is 321 g/mol. The highest BCUT2D eigenvalue weighted by Crippen LogP contribution is 2.21. The summed E-state index contributed by atoms with van der Waals surface area (Å²) in [6.45, 7) is 6.02. The largest absolute Gasteiger partial charge is 0.346 e. The summed E-state index contributed by atoms with van der Waals surface area (Å²) in [6.07, 6.45) is 4.68. The van der Waals surface area contributed by atoms with Gasteiger partial charge in [0.25, 0.3) is 0 Å². The van der Waals surface area contributed by atoms with E-state index in [2.05, 4.69) is 26.5 Å². The Morgan fingerprint density at radius 2 is 1.91 bits per heavy atom. The minimum Gasteiger partial charge on any atom is -0.346 e. The van der Waals surface area contributed by atoms with Gasteiger partial charge in [0.15, 0.2) is 0 Å². The van der Waals surface area contributed by atoms with Crippen LogP contribution in [0.5, 0.6) is 0 Å². The number of hydrogen-bond donors (Lipinski definition) is 1. The predicted octanol–water partition coefficient (Wildman–Crippen LogP) is 2.50. The molecule has 0 saturated carbocycles. The van der Waals surface area contributed by atoms with E-state index in [-0.39, 0.29) is 5.75 Å². The van der Waals surface area contributed by atoms with Crippen LogP contribution >= 0.6 is 0 Å². The summed E-state index contributed by atoms with van der Waals surface area (Å²) in [4.78, 5) is 2.48. The van der Waals surface area contributed by atoms with Crippen molar-refractivity contribution in [1.29, 1.82) is 0 Å². The van der Waals surface area contributed by atoms with Crippen LogP contribution in [0.3, 0.4) is 0 Å². The van der Waals surface area contributed by atoms with Gasteiger partial charge in [-0.1, -0.05) is 6.07 Å². The number of fused-ring (bicyclic) bond motifs is 1. The third-order valence-corrected chi connectivity index (χ3v) is 5.59. The molecule has 0 spiro atoms. The summed E-state index contributed by atoms with van der Waals surface area (Å²) in [6, 6.07) is 7.79. The van der Waals surface area contributed by atoms with Crippen molar-refractivity contribution in [2.45, 2.75) is 26.3 Å². The SMILES string of the molecule is CCS(=O)(=O)Nc1ccc2ccn(CCN3CCCC3)c2c1. The molecule has 0 bridgehead atoms. The van der Waals surface area contributed by atoms with Crippen molar-refractivity contribution in [3.05, 3.63) is 30.5 Å². The third-order valence-electron chi connectivity index (χ3n) is 4.28. The summed E-state index contributed by atoms with van der Waals surface area (Å²) < 4.78 is 28.2. The number of nitrogens with one attached hydrogen (secondary N) is 1. The lowest BCUT2D eigenvalue weighted by molar-refractivity contribution is 0.324. The molecule has 5 nitrogen and oxygen atoms in total. The number of anilines is 1. The fraction of sp³-hybridized carbons (Fsp3) is 0.500. The predicted molar refractivity (Wildman–Crippen MR) is 90.7 cm³/mol. The van der Waals surface area contributed by atoms with Gasteiger partial charge in [-0.25, -0.2) is 8.42 Å². The molecule has 0 aliphatic carbocycles. The molecule has 1 aromatic heterocycles. The molecule has 6 heteroatoms. The minimum atomic E-state index is -3.23. The summed E-state index contributed by atoms with van der Waals surface area (Å²) >= 11 is 0. The molecule has 1 N–H and O–H groups in total. The zero-order chi connectivity index (χ0) is 15.6. The molecule has 1 aliphatic heterocycles. The van der Waals surface area contributed by atoms with E-state index < -0.39 is 10.0 Å². The van der Waals surface area contributed by atoms with Gasteiger partial charge in [-0.2, -0.15) is 0 Å². The first kappa shape index (κ1) is 15.4. The number of rotatable bonds is 6. The molecule has 1 fully saturated rings. The number of sulfonamides is 1. The van der Waals surface area contributed by atoms with Crippen LogP contribution in [0.15, 0.2) is 30.5 Å². The lowest BCUT2D eigenvalue weighted by Crippen LogP contribution is -2.23. The Bertz CT molecular complexity index is 746. The van der Waals surface area contributed by atoms with E-state index >= 15 is 0 Å². The molecule has 1 aliphatic rings. The minimum absolute atomic E-state index is 0.0843. The molecule has 1 aromatic carbocycles. The maximum Gasteiger partial charge on any atom is 0.232 e. The zero-order valence-corrected chi connectivity index (χ0v) is 13.8. The highest BCUT2D eigenvalue weighted by molar-refractivity contribution is 7.92. The summed E-state index contributed by atoms with van der Waals surface area (Å²) in [5.74, 6) is 0.0843. The highest BCUT2D eigenvalue weighted by atomic mass is 32.2. The van der Waals surface area contributed by atoms with E-state index in [0.29, 0.717) is 5.69 Å². The molecule has 0 radical (unpaired) electrons. The van der Waals surface area contributed by atoms with E-state index in [1.54, 1.807) is 6.92 Å². The van der Waals surface area contributed by atoms with Crippen molar-refractivity contribution in [3.8, 4) is 0 Å². The maximum absolute atomic E-state index is 11.7. The second-order valence-corrected chi connectivity index (χ2v) is 7.85. The van der Waals surface area contributed by atoms with Crippen LogP contribution in [0.1, 0.15) is 19.8 Å². The van der Waals surface area contributed by atoms with Gasteiger partial charge in [0.05, 0.1) is 17.0 Å². The van der Waals surface area contributed by atoms with Gasteiger partial charge in [0.1, 0.15) is 0 Å². The number of benzene rings is 1. The number of nitrogens with zero attached hydrogens (tertiary/aromatic N) is 2. The van der Waals surface area contributed by atoms with Gasteiger partial charge in [-0.3, -0.25) is 4.72 Å². The van der Waals surface area contributed by atoms with E-state index in [1.807, 2.05) is 18.2 Å². The molecule has 0 atom stereocenters. The van der Waals surface area contributed by atoms with E-state index in [9.17, 15) is 8.42 Å².